The average Bonchev–Trinajstić information content (AvgIpc) is 2.76. The summed E-state index contributed by atoms with van der Waals surface area (Å²) in [6.07, 6.45) is 6.24. The molecule has 0 aromatic rings. The largest absolute Gasteiger partial charge is 0.467 e. The van der Waals surface area contributed by atoms with Gasteiger partial charge in [-0.1, -0.05) is 32.6 Å². The van der Waals surface area contributed by atoms with E-state index in [-0.39, 0.29) is 12.3 Å². The van der Waals surface area contributed by atoms with Gasteiger partial charge >= 0.3 is 5.97 Å². The molecule has 0 N–H and O–H groups in total. The lowest BCUT2D eigenvalue weighted by molar-refractivity contribution is -0.154. The lowest BCUT2D eigenvalue weighted by Gasteiger charge is -2.09. The Morgan fingerprint density at radius 2 is 2.06 bits per heavy atom. The van der Waals surface area contributed by atoms with Gasteiger partial charge in [-0.15, -0.1) is 0 Å². The summed E-state index contributed by atoms with van der Waals surface area (Å²) in [5, 5.41) is 0. The molecular formula is C12H22O4. The molecule has 1 aliphatic heterocycles. The van der Waals surface area contributed by atoms with Gasteiger partial charge in [0.05, 0.1) is 13.7 Å². The van der Waals surface area contributed by atoms with Crippen LogP contribution >= 0.6 is 0 Å². The zero-order chi connectivity index (χ0) is 11.8. The normalized spacial score (nSPS) is 24.6. The maximum atomic E-state index is 11.1. The monoisotopic (exact) mass is 230 g/mol. The van der Waals surface area contributed by atoms with Gasteiger partial charge in [-0.25, -0.2) is 4.79 Å². The van der Waals surface area contributed by atoms with E-state index in [1.54, 1.807) is 0 Å². The Balaban J connectivity index is 2.05. The molecule has 0 saturated carbocycles. The van der Waals surface area contributed by atoms with Crippen molar-refractivity contribution >= 4 is 5.97 Å². The number of methoxy groups -OCH3 is 1. The van der Waals surface area contributed by atoms with E-state index in [4.69, 9.17) is 9.47 Å². The van der Waals surface area contributed by atoms with Crippen molar-refractivity contribution in [2.45, 2.75) is 57.8 Å². The van der Waals surface area contributed by atoms with Crippen LogP contribution in [-0.4, -0.2) is 32.1 Å². The fourth-order valence-corrected chi connectivity index (χ4v) is 1.78. The summed E-state index contributed by atoms with van der Waals surface area (Å²) in [6.45, 7) is 2.52. The van der Waals surface area contributed by atoms with Crippen molar-refractivity contribution < 1.29 is 19.0 Å². The molecule has 0 aromatic carbocycles. The van der Waals surface area contributed by atoms with Crippen LogP contribution in [0.4, 0.5) is 0 Å². The second-order valence-electron chi connectivity index (χ2n) is 4.11. The first-order chi connectivity index (χ1) is 7.77. The molecule has 2 unspecified atom stereocenters. The Bertz CT molecular complexity index is 205. The molecule has 4 nitrogen and oxygen atoms in total. The number of hydrogen-bond acceptors (Lipinski definition) is 4. The van der Waals surface area contributed by atoms with Crippen LogP contribution < -0.4 is 0 Å². The fraction of sp³-hybridized carbons (Fsp3) is 0.917. The van der Waals surface area contributed by atoms with E-state index in [1.807, 2.05) is 0 Å². The van der Waals surface area contributed by atoms with E-state index >= 15 is 0 Å². The number of carbonyl (C=O) groups is 1. The van der Waals surface area contributed by atoms with Crippen LogP contribution in [0, 0.1) is 0 Å². The molecule has 94 valence electrons. The summed E-state index contributed by atoms with van der Waals surface area (Å²) < 4.78 is 15.4. The van der Waals surface area contributed by atoms with E-state index in [1.165, 1.54) is 32.8 Å². The number of carbonyl (C=O) groups excluding carboxylic acids is 1. The van der Waals surface area contributed by atoms with Crippen molar-refractivity contribution in [3.63, 3.8) is 0 Å². The smallest absolute Gasteiger partial charge is 0.337 e. The Labute approximate surface area is 97.2 Å². The first-order valence-corrected chi connectivity index (χ1v) is 6.12. The minimum atomic E-state index is -0.523. The number of esters is 1. The highest BCUT2D eigenvalue weighted by Gasteiger charge is 2.31. The lowest BCUT2D eigenvalue weighted by atomic mass is 10.1. The highest BCUT2D eigenvalue weighted by molar-refractivity contribution is 5.74. The summed E-state index contributed by atoms with van der Waals surface area (Å²) in [7, 11) is 1.36. The first kappa shape index (κ1) is 13.5. The number of hydrogen-bond donors (Lipinski definition) is 0. The molecule has 1 fully saturated rings. The zero-order valence-electron chi connectivity index (χ0n) is 10.2. The second-order valence-corrected chi connectivity index (χ2v) is 4.11. The topological polar surface area (TPSA) is 44.8 Å². The number of rotatable bonds is 7. The van der Waals surface area contributed by atoms with E-state index in [0.29, 0.717) is 6.61 Å². The summed E-state index contributed by atoms with van der Waals surface area (Å²) in [5.74, 6) is -0.339. The SMILES string of the molecule is CCCCCCCC1OCC(C(=O)OC)O1. The molecule has 0 amide bonds. The van der Waals surface area contributed by atoms with Crippen molar-refractivity contribution in [2.24, 2.45) is 0 Å². The first-order valence-electron chi connectivity index (χ1n) is 6.12. The van der Waals surface area contributed by atoms with Crippen LogP contribution in [-0.2, 0) is 19.0 Å². The van der Waals surface area contributed by atoms with Crippen molar-refractivity contribution in [1.29, 1.82) is 0 Å². The molecule has 4 heteroatoms. The summed E-state index contributed by atoms with van der Waals surface area (Å²) >= 11 is 0. The van der Waals surface area contributed by atoms with Crippen LogP contribution in [0.1, 0.15) is 45.4 Å². The Hall–Kier alpha value is -0.610. The molecule has 16 heavy (non-hydrogen) atoms. The molecule has 1 rings (SSSR count). The van der Waals surface area contributed by atoms with Gasteiger partial charge in [0.2, 0.25) is 0 Å². The molecule has 1 aliphatic rings. The Morgan fingerprint density at radius 1 is 1.31 bits per heavy atom. The molecule has 0 aromatic heterocycles. The minimum Gasteiger partial charge on any atom is -0.467 e. The third-order valence-corrected chi connectivity index (χ3v) is 2.76. The molecule has 1 heterocycles. The van der Waals surface area contributed by atoms with Crippen molar-refractivity contribution in [3.8, 4) is 0 Å². The van der Waals surface area contributed by atoms with Gasteiger partial charge in [0.25, 0.3) is 0 Å². The molecule has 0 spiro atoms. The summed E-state index contributed by atoms with van der Waals surface area (Å²) in [5.41, 5.74) is 0. The summed E-state index contributed by atoms with van der Waals surface area (Å²) in [6, 6.07) is 0. The highest BCUT2D eigenvalue weighted by Crippen LogP contribution is 2.18. The predicted octanol–water partition coefficient (Wildman–Crippen LogP) is 2.26. The second kappa shape index (κ2) is 7.63. The van der Waals surface area contributed by atoms with Gasteiger partial charge in [0.15, 0.2) is 12.4 Å². The number of ether oxygens (including phenoxy) is 3. The van der Waals surface area contributed by atoms with Gasteiger partial charge in [0, 0.05) is 0 Å². The number of unbranched alkanes of at least 4 members (excludes halogenated alkanes) is 4. The third-order valence-electron chi connectivity index (χ3n) is 2.76. The molecule has 0 radical (unpaired) electrons. The van der Waals surface area contributed by atoms with Gasteiger partial charge in [-0.2, -0.15) is 0 Å². The molecule has 1 saturated heterocycles. The van der Waals surface area contributed by atoms with Crippen LogP contribution in [0.3, 0.4) is 0 Å². The molecule has 0 aliphatic carbocycles. The molecule has 2 atom stereocenters. The standard InChI is InChI=1S/C12H22O4/c1-3-4-5-6-7-8-11-15-9-10(16-11)12(13)14-2/h10-11H,3-9H2,1-2H3. The van der Waals surface area contributed by atoms with Crippen molar-refractivity contribution in [1.82, 2.24) is 0 Å². The summed E-state index contributed by atoms with van der Waals surface area (Å²) in [4.78, 5) is 11.1. The Morgan fingerprint density at radius 3 is 2.75 bits per heavy atom. The third kappa shape index (κ3) is 4.49. The van der Waals surface area contributed by atoms with Gasteiger partial charge in [-0.3, -0.25) is 0 Å². The van der Waals surface area contributed by atoms with Crippen LogP contribution in [0.5, 0.6) is 0 Å². The van der Waals surface area contributed by atoms with Crippen molar-refractivity contribution in [3.05, 3.63) is 0 Å². The maximum absolute atomic E-state index is 11.1. The van der Waals surface area contributed by atoms with Gasteiger partial charge < -0.3 is 14.2 Å². The lowest BCUT2D eigenvalue weighted by Crippen LogP contribution is -2.24. The van der Waals surface area contributed by atoms with Gasteiger partial charge in [0.1, 0.15) is 0 Å². The molecular weight excluding hydrogens is 208 g/mol. The van der Waals surface area contributed by atoms with Crippen LogP contribution in [0.25, 0.3) is 0 Å². The Kier molecular flexibility index (Phi) is 6.42. The average molecular weight is 230 g/mol. The van der Waals surface area contributed by atoms with E-state index < -0.39 is 6.10 Å². The van der Waals surface area contributed by atoms with Crippen molar-refractivity contribution in [2.75, 3.05) is 13.7 Å². The van der Waals surface area contributed by atoms with E-state index in [0.717, 1.165) is 12.8 Å². The van der Waals surface area contributed by atoms with E-state index in [2.05, 4.69) is 11.7 Å². The minimum absolute atomic E-state index is 0.217. The zero-order valence-corrected chi connectivity index (χ0v) is 10.2. The highest BCUT2D eigenvalue weighted by atomic mass is 16.7. The van der Waals surface area contributed by atoms with E-state index in [9.17, 15) is 4.79 Å². The molecule has 0 bridgehead atoms. The predicted molar refractivity (Wildman–Crippen MR) is 60.0 cm³/mol. The fourth-order valence-electron chi connectivity index (χ4n) is 1.78. The quantitative estimate of drug-likeness (QED) is 0.497. The van der Waals surface area contributed by atoms with Crippen LogP contribution in [0.15, 0.2) is 0 Å². The van der Waals surface area contributed by atoms with Crippen LogP contribution in [0.2, 0.25) is 0 Å². The van der Waals surface area contributed by atoms with Gasteiger partial charge in [-0.05, 0) is 12.8 Å². The maximum Gasteiger partial charge on any atom is 0.337 e.